The van der Waals surface area contributed by atoms with Gasteiger partial charge in [0.05, 0.1) is 5.02 Å². The molecule has 0 atom stereocenters. The lowest BCUT2D eigenvalue weighted by molar-refractivity contribution is 0.898. The topological polar surface area (TPSA) is 0 Å². The molecule has 0 aliphatic rings. The van der Waals surface area contributed by atoms with Crippen LogP contribution in [-0.4, -0.2) is 5.75 Å². The van der Waals surface area contributed by atoms with Crippen molar-refractivity contribution in [2.75, 3.05) is 5.75 Å². The Balaban J connectivity index is 2.32. The Morgan fingerprint density at radius 2 is 2.08 bits per heavy atom. The van der Waals surface area contributed by atoms with Crippen molar-refractivity contribution in [3.05, 3.63) is 29.3 Å². The van der Waals surface area contributed by atoms with Crippen LogP contribution in [0.15, 0.2) is 29.2 Å². The second-order valence-electron chi connectivity index (χ2n) is 2.69. The summed E-state index contributed by atoms with van der Waals surface area (Å²) in [6, 6.07) is 7.98. The maximum atomic E-state index is 6.00. The van der Waals surface area contributed by atoms with Crippen LogP contribution in [0.25, 0.3) is 0 Å². The SMILES string of the molecule is CCCCSSc1ccccc1Cl. The molecule has 0 bridgehead atoms. The minimum atomic E-state index is 0.858. The van der Waals surface area contributed by atoms with E-state index in [1.54, 1.807) is 10.8 Å². The molecule has 0 unspecified atom stereocenters. The third-order valence-corrected chi connectivity index (χ3v) is 4.51. The van der Waals surface area contributed by atoms with Crippen molar-refractivity contribution >= 4 is 33.2 Å². The fraction of sp³-hybridized carbons (Fsp3) is 0.400. The van der Waals surface area contributed by atoms with Gasteiger partial charge >= 0.3 is 0 Å². The van der Waals surface area contributed by atoms with Gasteiger partial charge < -0.3 is 0 Å². The predicted molar refractivity (Wildman–Crippen MR) is 64.7 cm³/mol. The molecule has 1 aromatic carbocycles. The van der Waals surface area contributed by atoms with Gasteiger partial charge in [-0.15, -0.1) is 0 Å². The van der Waals surface area contributed by atoms with Crippen molar-refractivity contribution in [2.45, 2.75) is 24.7 Å². The Morgan fingerprint density at radius 1 is 1.31 bits per heavy atom. The smallest absolute Gasteiger partial charge is 0.0550 e. The first-order chi connectivity index (χ1) is 6.34. The van der Waals surface area contributed by atoms with E-state index in [9.17, 15) is 0 Å². The van der Waals surface area contributed by atoms with E-state index in [1.807, 2.05) is 29.0 Å². The lowest BCUT2D eigenvalue weighted by Gasteiger charge is -2.01. The molecule has 0 radical (unpaired) electrons. The van der Waals surface area contributed by atoms with Crippen LogP contribution in [0.4, 0.5) is 0 Å². The van der Waals surface area contributed by atoms with Crippen LogP contribution in [0.5, 0.6) is 0 Å². The van der Waals surface area contributed by atoms with Crippen molar-refractivity contribution in [3.8, 4) is 0 Å². The number of hydrogen-bond acceptors (Lipinski definition) is 2. The molecule has 0 saturated heterocycles. The Morgan fingerprint density at radius 3 is 2.77 bits per heavy atom. The fourth-order valence-corrected chi connectivity index (χ4v) is 3.53. The third-order valence-electron chi connectivity index (χ3n) is 1.57. The summed E-state index contributed by atoms with van der Waals surface area (Å²) >= 11 is 6.00. The molecule has 0 aromatic heterocycles. The van der Waals surface area contributed by atoms with Crippen LogP contribution in [0.1, 0.15) is 19.8 Å². The first kappa shape index (κ1) is 11.3. The first-order valence-electron chi connectivity index (χ1n) is 4.38. The van der Waals surface area contributed by atoms with Gasteiger partial charge in [-0.25, -0.2) is 0 Å². The molecular formula is C10H13ClS2. The van der Waals surface area contributed by atoms with E-state index in [0.29, 0.717) is 0 Å². The van der Waals surface area contributed by atoms with Crippen LogP contribution in [-0.2, 0) is 0 Å². The van der Waals surface area contributed by atoms with E-state index in [1.165, 1.54) is 23.5 Å². The van der Waals surface area contributed by atoms with Gasteiger partial charge in [0, 0.05) is 10.6 Å². The second-order valence-corrected chi connectivity index (χ2v) is 5.55. The van der Waals surface area contributed by atoms with E-state index < -0.39 is 0 Å². The van der Waals surface area contributed by atoms with Crippen molar-refractivity contribution in [1.82, 2.24) is 0 Å². The fourth-order valence-electron chi connectivity index (χ4n) is 0.821. The number of benzene rings is 1. The molecule has 0 heterocycles. The number of rotatable bonds is 5. The normalized spacial score (nSPS) is 10.3. The lowest BCUT2D eigenvalue weighted by Crippen LogP contribution is -1.74. The molecule has 72 valence electrons. The summed E-state index contributed by atoms with van der Waals surface area (Å²) in [5.41, 5.74) is 0. The van der Waals surface area contributed by atoms with E-state index in [0.717, 1.165) is 5.02 Å². The molecule has 0 nitrogen and oxygen atoms in total. The Hall–Kier alpha value is 0.210. The highest BCUT2D eigenvalue weighted by atomic mass is 35.5. The summed E-state index contributed by atoms with van der Waals surface area (Å²) in [5.74, 6) is 1.20. The van der Waals surface area contributed by atoms with Crippen molar-refractivity contribution in [2.24, 2.45) is 0 Å². The minimum absolute atomic E-state index is 0.858. The summed E-state index contributed by atoms with van der Waals surface area (Å²) in [4.78, 5) is 1.17. The monoisotopic (exact) mass is 232 g/mol. The molecule has 0 N–H and O–H groups in total. The van der Waals surface area contributed by atoms with Crippen LogP contribution >= 0.6 is 33.2 Å². The molecular weight excluding hydrogens is 220 g/mol. The zero-order chi connectivity index (χ0) is 9.52. The Bertz CT molecular complexity index is 250. The van der Waals surface area contributed by atoms with Gasteiger partial charge in [-0.2, -0.15) is 0 Å². The molecule has 1 rings (SSSR count). The van der Waals surface area contributed by atoms with Gasteiger partial charge in [-0.3, -0.25) is 0 Å². The van der Waals surface area contributed by atoms with Crippen molar-refractivity contribution in [1.29, 1.82) is 0 Å². The zero-order valence-electron chi connectivity index (χ0n) is 7.63. The molecule has 0 aliphatic carbocycles. The van der Waals surface area contributed by atoms with Crippen molar-refractivity contribution < 1.29 is 0 Å². The highest BCUT2D eigenvalue weighted by molar-refractivity contribution is 8.76. The molecule has 0 aliphatic heterocycles. The molecule has 1 aromatic rings. The number of hydrogen-bond donors (Lipinski definition) is 0. The molecule has 13 heavy (non-hydrogen) atoms. The largest absolute Gasteiger partial charge is 0.0889 e. The van der Waals surface area contributed by atoms with Gasteiger partial charge in [-0.05, 0) is 18.6 Å². The number of halogens is 1. The second kappa shape index (κ2) is 6.63. The van der Waals surface area contributed by atoms with E-state index in [2.05, 4.69) is 13.0 Å². The van der Waals surface area contributed by atoms with Gasteiger partial charge in [0.2, 0.25) is 0 Å². The highest BCUT2D eigenvalue weighted by Crippen LogP contribution is 2.35. The van der Waals surface area contributed by atoms with E-state index >= 15 is 0 Å². The van der Waals surface area contributed by atoms with Gasteiger partial charge in [0.1, 0.15) is 0 Å². The minimum Gasteiger partial charge on any atom is -0.0889 e. The van der Waals surface area contributed by atoms with Gasteiger partial charge in [-0.1, -0.05) is 58.7 Å². The lowest BCUT2D eigenvalue weighted by atomic mass is 10.4. The Labute approximate surface area is 92.8 Å². The highest BCUT2D eigenvalue weighted by Gasteiger charge is 1.98. The standard InChI is InChI=1S/C10H13ClS2/c1-2-3-8-12-13-10-7-5-4-6-9(10)11/h4-7H,2-3,8H2,1H3. The average Bonchev–Trinajstić information content (AvgIpc) is 2.15. The van der Waals surface area contributed by atoms with Crippen LogP contribution in [0, 0.1) is 0 Å². The molecule has 3 heteroatoms. The molecule has 0 spiro atoms. The molecule has 0 amide bonds. The first-order valence-corrected chi connectivity index (χ1v) is 7.08. The predicted octanol–water partition coefficient (Wildman–Crippen LogP) is 4.88. The number of unbranched alkanes of at least 4 members (excludes halogenated alkanes) is 1. The van der Waals surface area contributed by atoms with Crippen molar-refractivity contribution in [3.63, 3.8) is 0 Å². The molecule has 0 fully saturated rings. The van der Waals surface area contributed by atoms with Gasteiger partial charge in [0.15, 0.2) is 0 Å². The third kappa shape index (κ3) is 4.30. The zero-order valence-corrected chi connectivity index (χ0v) is 10.0. The van der Waals surface area contributed by atoms with E-state index in [4.69, 9.17) is 11.6 Å². The maximum Gasteiger partial charge on any atom is 0.0550 e. The maximum absolute atomic E-state index is 6.00. The van der Waals surface area contributed by atoms with Crippen LogP contribution in [0.2, 0.25) is 5.02 Å². The van der Waals surface area contributed by atoms with Gasteiger partial charge in [0.25, 0.3) is 0 Å². The van der Waals surface area contributed by atoms with Crippen LogP contribution < -0.4 is 0 Å². The van der Waals surface area contributed by atoms with E-state index in [-0.39, 0.29) is 0 Å². The summed E-state index contributed by atoms with van der Waals surface area (Å²) < 4.78 is 0. The van der Waals surface area contributed by atoms with Crippen LogP contribution in [0.3, 0.4) is 0 Å². The summed E-state index contributed by atoms with van der Waals surface area (Å²) in [7, 11) is 3.65. The summed E-state index contributed by atoms with van der Waals surface area (Å²) in [6.07, 6.45) is 2.54. The molecule has 0 saturated carbocycles. The summed E-state index contributed by atoms with van der Waals surface area (Å²) in [6.45, 7) is 2.21. The average molecular weight is 233 g/mol. The summed E-state index contributed by atoms with van der Waals surface area (Å²) in [5, 5.41) is 0.858. The quantitative estimate of drug-likeness (QED) is 0.524. The Kier molecular flexibility index (Phi) is 5.76.